The molecule has 0 aromatic heterocycles. The number of sulfonamides is 1. The van der Waals surface area contributed by atoms with Gasteiger partial charge in [-0.2, -0.15) is 4.31 Å². The molecule has 0 saturated heterocycles. The summed E-state index contributed by atoms with van der Waals surface area (Å²) in [5, 5.41) is 0. The summed E-state index contributed by atoms with van der Waals surface area (Å²) in [6.45, 7) is 3.47. The van der Waals surface area contributed by atoms with E-state index < -0.39 is 22.0 Å². The van der Waals surface area contributed by atoms with Crippen LogP contribution in [-0.4, -0.2) is 42.9 Å². The Hall–Kier alpha value is -3.62. The molecular formula is C27H23NO6S. The standard InChI is InChI=1S/C27H23NO6S/c1-3-34-27(31)23-14-22-17(15-28(23)35(32,33)18-11-8-16(2)9-12-18)10-13-21-24(22)26(30)20-7-5-4-6-19(20)25(21)29/h4-13,23H,3,14-15H2,1-2H3. The summed E-state index contributed by atoms with van der Waals surface area (Å²) in [4.78, 5) is 39.7. The molecule has 178 valence electrons. The van der Waals surface area contributed by atoms with Gasteiger partial charge in [0.2, 0.25) is 10.0 Å². The molecule has 0 N–H and O–H groups in total. The van der Waals surface area contributed by atoms with Crippen LogP contribution in [0.1, 0.15) is 55.5 Å². The Bertz CT molecular complexity index is 1490. The minimum absolute atomic E-state index is 0.0659. The van der Waals surface area contributed by atoms with Crippen LogP contribution in [0.5, 0.6) is 0 Å². The first-order valence-electron chi connectivity index (χ1n) is 11.3. The predicted molar refractivity (Wildman–Crippen MR) is 128 cm³/mol. The Morgan fingerprint density at radius 1 is 0.943 bits per heavy atom. The Kier molecular flexibility index (Phi) is 5.65. The molecule has 1 aliphatic heterocycles. The van der Waals surface area contributed by atoms with E-state index in [9.17, 15) is 22.8 Å². The number of rotatable bonds is 4. The second-order valence-electron chi connectivity index (χ2n) is 8.66. The topological polar surface area (TPSA) is 97.8 Å². The molecule has 0 saturated carbocycles. The smallest absolute Gasteiger partial charge is 0.324 e. The maximum absolute atomic E-state index is 13.6. The van der Waals surface area contributed by atoms with Gasteiger partial charge >= 0.3 is 5.97 Å². The minimum Gasteiger partial charge on any atom is -0.465 e. The van der Waals surface area contributed by atoms with E-state index in [-0.39, 0.29) is 47.2 Å². The molecule has 3 aromatic rings. The third-order valence-corrected chi connectivity index (χ3v) is 8.42. The zero-order valence-corrected chi connectivity index (χ0v) is 20.1. The fraction of sp³-hybridized carbons (Fsp3) is 0.222. The number of carbonyl (C=O) groups is 3. The first kappa shape index (κ1) is 23.1. The van der Waals surface area contributed by atoms with E-state index in [2.05, 4.69) is 0 Å². The summed E-state index contributed by atoms with van der Waals surface area (Å²) < 4.78 is 33.5. The number of benzene rings is 3. The van der Waals surface area contributed by atoms with Crippen LogP contribution < -0.4 is 0 Å². The van der Waals surface area contributed by atoms with Crippen molar-refractivity contribution in [1.29, 1.82) is 0 Å². The van der Waals surface area contributed by atoms with Gasteiger partial charge in [-0.3, -0.25) is 14.4 Å². The lowest BCUT2D eigenvalue weighted by Gasteiger charge is -2.36. The van der Waals surface area contributed by atoms with Gasteiger partial charge in [0.1, 0.15) is 6.04 Å². The molecule has 2 aliphatic rings. The Labute approximate surface area is 203 Å². The number of hydrogen-bond donors (Lipinski definition) is 0. The fourth-order valence-electron chi connectivity index (χ4n) is 4.79. The molecule has 0 spiro atoms. The number of ketones is 2. The molecule has 0 bridgehead atoms. The van der Waals surface area contributed by atoms with Crippen molar-refractivity contribution in [2.75, 3.05) is 6.61 Å². The monoisotopic (exact) mass is 489 g/mol. The highest BCUT2D eigenvalue weighted by molar-refractivity contribution is 7.89. The molecule has 35 heavy (non-hydrogen) atoms. The van der Waals surface area contributed by atoms with E-state index in [1.807, 2.05) is 6.92 Å². The van der Waals surface area contributed by atoms with Crippen molar-refractivity contribution in [2.24, 2.45) is 0 Å². The lowest BCUT2D eigenvalue weighted by Crippen LogP contribution is -2.49. The van der Waals surface area contributed by atoms with Crippen LogP contribution in [0.25, 0.3) is 0 Å². The van der Waals surface area contributed by atoms with Crippen LogP contribution in [0.4, 0.5) is 0 Å². The van der Waals surface area contributed by atoms with Crippen molar-refractivity contribution < 1.29 is 27.5 Å². The van der Waals surface area contributed by atoms with Gasteiger partial charge in [-0.15, -0.1) is 0 Å². The maximum atomic E-state index is 13.6. The van der Waals surface area contributed by atoms with Gasteiger partial charge in [0.05, 0.1) is 11.5 Å². The number of nitrogens with zero attached hydrogens (tertiary/aromatic N) is 1. The number of carbonyl (C=O) groups excluding carboxylic acids is 3. The van der Waals surface area contributed by atoms with E-state index in [1.165, 1.54) is 12.1 Å². The molecular weight excluding hydrogens is 466 g/mol. The summed E-state index contributed by atoms with van der Waals surface area (Å²) in [5.74, 6) is -1.26. The normalized spacial score (nSPS) is 17.4. The van der Waals surface area contributed by atoms with Crippen molar-refractivity contribution in [1.82, 2.24) is 4.31 Å². The van der Waals surface area contributed by atoms with Gasteiger partial charge in [0.25, 0.3) is 0 Å². The highest BCUT2D eigenvalue weighted by atomic mass is 32.2. The number of fused-ring (bicyclic) bond motifs is 4. The summed E-state index contributed by atoms with van der Waals surface area (Å²) in [5.41, 5.74) is 3.17. The quantitative estimate of drug-likeness (QED) is 0.407. The highest BCUT2D eigenvalue weighted by Crippen LogP contribution is 2.37. The Morgan fingerprint density at radius 2 is 1.60 bits per heavy atom. The summed E-state index contributed by atoms with van der Waals surface area (Å²) in [6, 6.07) is 15.1. The molecule has 1 heterocycles. The van der Waals surface area contributed by atoms with Gasteiger partial charge in [-0.05, 0) is 43.2 Å². The van der Waals surface area contributed by atoms with E-state index in [0.29, 0.717) is 22.3 Å². The first-order valence-corrected chi connectivity index (χ1v) is 12.8. The first-order chi connectivity index (χ1) is 16.7. The largest absolute Gasteiger partial charge is 0.465 e. The van der Waals surface area contributed by atoms with Crippen LogP contribution in [0.15, 0.2) is 65.6 Å². The SMILES string of the molecule is CCOC(=O)C1Cc2c(ccc3c2C(=O)c2ccccc2C3=O)CN1S(=O)(=O)c1ccc(C)cc1. The summed E-state index contributed by atoms with van der Waals surface area (Å²) >= 11 is 0. The summed E-state index contributed by atoms with van der Waals surface area (Å²) in [6.07, 6.45) is -0.0659. The molecule has 7 nitrogen and oxygen atoms in total. The van der Waals surface area contributed by atoms with Crippen molar-refractivity contribution in [3.63, 3.8) is 0 Å². The average molecular weight is 490 g/mol. The van der Waals surface area contributed by atoms with E-state index >= 15 is 0 Å². The third kappa shape index (κ3) is 3.69. The van der Waals surface area contributed by atoms with Crippen LogP contribution in [0, 0.1) is 6.92 Å². The van der Waals surface area contributed by atoms with Gasteiger partial charge in [-0.1, -0.05) is 48.0 Å². The Morgan fingerprint density at radius 3 is 2.26 bits per heavy atom. The van der Waals surface area contributed by atoms with Crippen molar-refractivity contribution in [3.8, 4) is 0 Å². The average Bonchev–Trinajstić information content (AvgIpc) is 2.86. The molecule has 1 aliphatic carbocycles. The molecule has 1 atom stereocenters. The third-order valence-electron chi connectivity index (χ3n) is 6.56. The summed E-state index contributed by atoms with van der Waals surface area (Å²) in [7, 11) is -4.05. The fourth-order valence-corrected chi connectivity index (χ4v) is 6.35. The van der Waals surface area contributed by atoms with E-state index in [1.54, 1.807) is 55.5 Å². The second-order valence-corrected chi connectivity index (χ2v) is 10.6. The van der Waals surface area contributed by atoms with Crippen LogP contribution in [0.3, 0.4) is 0 Å². The minimum atomic E-state index is -4.05. The van der Waals surface area contributed by atoms with Crippen LogP contribution in [0.2, 0.25) is 0 Å². The molecule has 0 fully saturated rings. The Balaban J connectivity index is 1.65. The predicted octanol–water partition coefficient (Wildman–Crippen LogP) is 3.45. The molecule has 1 unspecified atom stereocenters. The number of ether oxygens (including phenoxy) is 1. The number of esters is 1. The zero-order chi connectivity index (χ0) is 24.9. The molecule has 3 aromatic carbocycles. The highest BCUT2D eigenvalue weighted by Gasteiger charge is 2.43. The van der Waals surface area contributed by atoms with Gasteiger partial charge in [-0.25, -0.2) is 8.42 Å². The number of aryl methyl sites for hydroxylation is 1. The molecule has 8 heteroatoms. The molecule has 5 rings (SSSR count). The number of hydrogen-bond acceptors (Lipinski definition) is 6. The maximum Gasteiger partial charge on any atom is 0.324 e. The van der Waals surface area contributed by atoms with Crippen molar-refractivity contribution >= 4 is 27.6 Å². The molecule has 0 radical (unpaired) electrons. The van der Waals surface area contributed by atoms with Crippen molar-refractivity contribution in [2.45, 2.75) is 37.8 Å². The molecule has 0 amide bonds. The van der Waals surface area contributed by atoms with Crippen LogP contribution in [-0.2, 0) is 32.5 Å². The van der Waals surface area contributed by atoms with Gasteiger partial charge in [0, 0.05) is 35.2 Å². The lowest BCUT2D eigenvalue weighted by atomic mass is 9.78. The van der Waals surface area contributed by atoms with Gasteiger partial charge in [0.15, 0.2) is 11.6 Å². The van der Waals surface area contributed by atoms with Crippen molar-refractivity contribution in [3.05, 3.63) is 99.6 Å². The second kappa shape index (κ2) is 8.55. The zero-order valence-electron chi connectivity index (χ0n) is 19.3. The van der Waals surface area contributed by atoms with E-state index in [4.69, 9.17) is 4.74 Å². The van der Waals surface area contributed by atoms with E-state index in [0.717, 1.165) is 9.87 Å². The van der Waals surface area contributed by atoms with Crippen LogP contribution >= 0.6 is 0 Å². The lowest BCUT2D eigenvalue weighted by molar-refractivity contribution is -0.148. The van der Waals surface area contributed by atoms with Gasteiger partial charge < -0.3 is 4.74 Å².